The minimum atomic E-state index is -0.576. The van der Waals surface area contributed by atoms with Gasteiger partial charge < -0.3 is 5.32 Å². The van der Waals surface area contributed by atoms with Gasteiger partial charge in [0.15, 0.2) is 0 Å². The Morgan fingerprint density at radius 3 is 2.67 bits per heavy atom. The van der Waals surface area contributed by atoms with E-state index in [2.05, 4.69) is 46.8 Å². The molecule has 2 aromatic carbocycles. The van der Waals surface area contributed by atoms with Crippen molar-refractivity contribution >= 4 is 17.1 Å². The first-order valence-electron chi connectivity index (χ1n) is 9.07. The summed E-state index contributed by atoms with van der Waals surface area (Å²) >= 11 is 0. The Bertz CT molecular complexity index is 1160. The number of aromatic nitrogens is 2. The molecule has 0 spiro atoms. The number of nitrogens with zero attached hydrogens (tertiary/aromatic N) is 2. The van der Waals surface area contributed by atoms with Crippen molar-refractivity contribution in [3.8, 4) is 11.1 Å². The molecule has 0 aliphatic carbocycles. The number of pyridine rings is 1. The highest BCUT2D eigenvalue weighted by atomic mass is 16.2. The highest BCUT2D eigenvalue weighted by Gasteiger charge is 2.42. The highest BCUT2D eigenvalue weighted by molar-refractivity contribution is 6.06. The average molecular weight is 353 g/mol. The molecule has 2 aromatic heterocycles. The van der Waals surface area contributed by atoms with E-state index in [0.29, 0.717) is 6.42 Å². The van der Waals surface area contributed by atoms with Crippen LogP contribution in [0.25, 0.3) is 16.6 Å². The van der Waals surface area contributed by atoms with Crippen LogP contribution in [0.5, 0.6) is 0 Å². The zero-order valence-electron chi connectivity index (χ0n) is 15.0. The van der Waals surface area contributed by atoms with Gasteiger partial charge in [-0.1, -0.05) is 36.4 Å². The van der Waals surface area contributed by atoms with E-state index in [1.54, 1.807) is 6.20 Å². The van der Waals surface area contributed by atoms with Crippen LogP contribution in [0.15, 0.2) is 79.1 Å². The summed E-state index contributed by atoms with van der Waals surface area (Å²) < 4.78 is 1.85. The molecule has 1 unspecified atom stereocenters. The van der Waals surface area contributed by atoms with E-state index in [-0.39, 0.29) is 5.91 Å². The second kappa shape index (κ2) is 5.81. The number of amides is 1. The number of anilines is 1. The van der Waals surface area contributed by atoms with Crippen molar-refractivity contribution in [1.29, 1.82) is 0 Å². The Labute approximate surface area is 157 Å². The lowest BCUT2D eigenvalue weighted by molar-refractivity contribution is -0.120. The number of hydrogen-bond donors (Lipinski definition) is 1. The van der Waals surface area contributed by atoms with Crippen molar-refractivity contribution in [2.45, 2.75) is 18.8 Å². The fourth-order valence-corrected chi connectivity index (χ4v) is 3.95. The minimum absolute atomic E-state index is 0.0599. The van der Waals surface area contributed by atoms with Crippen LogP contribution in [0.4, 0.5) is 5.69 Å². The normalized spacial score (nSPS) is 18.5. The van der Waals surface area contributed by atoms with Gasteiger partial charge in [0.2, 0.25) is 5.91 Å². The van der Waals surface area contributed by atoms with Crippen LogP contribution in [0, 0.1) is 0 Å². The van der Waals surface area contributed by atoms with Gasteiger partial charge in [0.25, 0.3) is 0 Å². The van der Waals surface area contributed by atoms with E-state index in [1.807, 2.05) is 48.0 Å². The van der Waals surface area contributed by atoms with Gasteiger partial charge in [-0.2, -0.15) is 5.10 Å². The fraction of sp³-hybridized carbons (Fsp3) is 0.130. The second-order valence-electron chi connectivity index (χ2n) is 7.33. The largest absolute Gasteiger partial charge is 0.325 e. The van der Waals surface area contributed by atoms with Crippen LogP contribution >= 0.6 is 0 Å². The predicted molar refractivity (Wildman–Crippen MR) is 107 cm³/mol. The molecule has 1 atom stereocenters. The maximum atomic E-state index is 12.8. The first kappa shape index (κ1) is 15.8. The Hall–Kier alpha value is -3.40. The summed E-state index contributed by atoms with van der Waals surface area (Å²) in [5, 5.41) is 7.31. The van der Waals surface area contributed by atoms with Crippen LogP contribution in [0.1, 0.15) is 18.1 Å². The maximum Gasteiger partial charge on any atom is 0.235 e. The standard InChI is InChI=1S/C23H19N3O/c1-23(15-16-5-3-2-4-6-16)20-14-17(7-8-21(20)25-22(23)27)18-10-12-26-19(13-18)9-11-24-26/h2-14H,15H2,1H3,(H,25,27). The molecule has 0 fully saturated rings. The van der Waals surface area contributed by atoms with E-state index in [4.69, 9.17) is 0 Å². The van der Waals surface area contributed by atoms with Crippen molar-refractivity contribution in [3.05, 3.63) is 90.3 Å². The number of nitrogens with one attached hydrogen (secondary N) is 1. The van der Waals surface area contributed by atoms with Crippen LogP contribution in [-0.2, 0) is 16.6 Å². The van der Waals surface area contributed by atoms with Crippen molar-refractivity contribution in [2.75, 3.05) is 5.32 Å². The second-order valence-corrected chi connectivity index (χ2v) is 7.33. The Morgan fingerprint density at radius 1 is 1.00 bits per heavy atom. The summed E-state index contributed by atoms with van der Waals surface area (Å²) in [6, 6.07) is 22.6. The molecule has 0 radical (unpaired) electrons. The van der Waals surface area contributed by atoms with E-state index in [1.165, 1.54) is 0 Å². The molecular weight excluding hydrogens is 334 g/mol. The molecule has 4 heteroatoms. The van der Waals surface area contributed by atoms with Gasteiger partial charge in [-0.25, -0.2) is 4.52 Å². The summed E-state index contributed by atoms with van der Waals surface area (Å²) in [4.78, 5) is 12.8. The molecule has 1 aliphatic rings. The first-order valence-corrected chi connectivity index (χ1v) is 9.07. The smallest absolute Gasteiger partial charge is 0.235 e. The van der Waals surface area contributed by atoms with Gasteiger partial charge in [0.05, 0.1) is 10.9 Å². The van der Waals surface area contributed by atoms with Crippen LogP contribution in [0.3, 0.4) is 0 Å². The molecule has 27 heavy (non-hydrogen) atoms. The molecule has 4 aromatic rings. The van der Waals surface area contributed by atoms with E-state index in [9.17, 15) is 4.79 Å². The summed E-state index contributed by atoms with van der Waals surface area (Å²) in [7, 11) is 0. The third kappa shape index (κ3) is 2.53. The lowest BCUT2D eigenvalue weighted by Crippen LogP contribution is -2.33. The molecule has 1 amide bonds. The first-order chi connectivity index (χ1) is 13.1. The van der Waals surface area contributed by atoms with Gasteiger partial charge in [-0.05, 0) is 65.9 Å². The zero-order valence-corrected chi connectivity index (χ0v) is 15.0. The molecule has 0 saturated carbocycles. The Balaban J connectivity index is 1.59. The zero-order chi connectivity index (χ0) is 18.4. The number of hydrogen-bond acceptors (Lipinski definition) is 2. The van der Waals surface area contributed by atoms with Crippen molar-refractivity contribution in [1.82, 2.24) is 9.61 Å². The molecule has 5 rings (SSSR count). The van der Waals surface area contributed by atoms with Gasteiger partial charge in [0, 0.05) is 18.1 Å². The number of rotatable bonds is 3. The number of carbonyl (C=O) groups excluding carboxylic acids is 1. The molecule has 132 valence electrons. The molecule has 0 bridgehead atoms. The van der Waals surface area contributed by atoms with Gasteiger partial charge in [-0.15, -0.1) is 0 Å². The topological polar surface area (TPSA) is 46.4 Å². The van der Waals surface area contributed by atoms with Crippen molar-refractivity contribution in [3.63, 3.8) is 0 Å². The monoisotopic (exact) mass is 353 g/mol. The maximum absolute atomic E-state index is 12.8. The van der Waals surface area contributed by atoms with Gasteiger partial charge >= 0.3 is 0 Å². The quantitative estimate of drug-likeness (QED) is 0.591. The Morgan fingerprint density at radius 2 is 1.81 bits per heavy atom. The van der Waals surface area contributed by atoms with Crippen LogP contribution < -0.4 is 5.32 Å². The van der Waals surface area contributed by atoms with E-state index in [0.717, 1.165) is 33.5 Å². The minimum Gasteiger partial charge on any atom is -0.325 e. The van der Waals surface area contributed by atoms with Gasteiger partial charge in [0.1, 0.15) is 0 Å². The van der Waals surface area contributed by atoms with Crippen LogP contribution in [-0.4, -0.2) is 15.5 Å². The number of fused-ring (bicyclic) bond motifs is 2. The lowest BCUT2D eigenvalue weighted by Gasteiger charge is -2.23. The Kier molecular flexibility index (Phi) is 3.41. The SMILES string of the molecule is CC1(Cc2ccccc2)C(=O)Nc2ccc(-c3ccn4nccc4c3)cc21. The molecule has 3 heterocycles. The fourth-order valence-electron chi connectivity index (χ4n) is 3.95. The molecule has 1 aliphatic heterocycles. The highest BCUT2D eigenvalue weighted by Crippen LogP contribution is 2.42. The average Bonchev–Trinajstić information content (AvgIpc) is 3.25. The van der Waals surface area contributed by atoms with E-state index < -0.39 is 5.41 Å². The van der Waals surface area contributed by atoms with E-state index >= 15 is 0 Å². The van der Waals surface area contributed by atoms with Crippen molar-refractivity contribution < 1.29 is 4.79 Å². The molecule has 0 saturated heterocycles. The van der Waals surface area contributed by atoms with Crippen molar-refractivity contribution in [2.24, 2.45) is 0 Å². The number of benzene rings is 2. The lowest BCUT2D eigenvalue weighted by atomic mass is 9.77. The third-order valence-corrected chi connectivity index (χ3v) is 5.50. The summed E-state index contributed by atoms with van der Waals surface area (Å²) in [6.07, 6.45) is 4.43. The molecule has 4 nitrogen and oxygen atoms in total. The summed E-state index contributed by atoms with van der Waals surface area (Å²) in [5.74, 6) is 0.0599. The van der Waals surface area contributed by atoms with Gasteiger partial charge in [-0.3, -0.25) is 4.79 Å². The summed E-state index contributed by atoms with van der Waals surface area (Å²) in [6.45, 7) is 2.03. The third-order valence-electron chi connectivity index (χ3n) is 5.50. The number of carbonyl (C=O) groups is 1. The van der Waals surface area contributed by atoms with Crippen LogP contribution in [0.2, 0.25) is 0 Å². The summed E-state index contributed by atoms with van der Waals surface area (Å²) in [5.41, 5.74) is 5.83. The molecular formula is C23H19N3O. The predicted octanol–water partition coefficient (Wildman–Crippen LogP) is 4.45. The molecule has 1 N–H and O–H groups in total.